The number of amides is 2. The van der Waals surface area contributed by atoms with Crippen LogP contribution in [0, 0.1) is 0 Å². The van der Waals surface area contributed by atoms with Crippen LogP contribution in [0.3, 0.4) is 0 Å². The third-order valence-corrected chi connectivity index (χ3v) is 2.38. The number of hydrogen-bond acceptors (Lipinski definition) is 2. The van der Waals surface area contributed by atoms with Crippen molar-refractivity contribution in [1.29, 1.82) is 0 Å². The molecule has 0 aliphatic heterocycles. The van der Waals surface area contributed by atoms with Gasteiger partial charge in [0.15, 0.2) is 0 Å². The second-order valence-corrected chi connectivity index (χ2v) is 3.81. The Kier molecular flexibility index (Phi) is 3.43. The van der Waals surface area contributed by atoms with E-state index in [4.69, 9.17) is 0 Å². The largest absolute Gasteiger partial charge is 0.323 e. The van der Waals surface area contributed by atoms with Gasteiger partial charge in [0.2, 0.25) is 5.56 Å². The number of aryl methyl sites for hydroxylation is 1. The zero-order chi connectivity index (χ0) is 13.0. The summed E-state index contributed by atoms with van der Waals surface area (Å²) in [6.45, 7) is 0. The van der Waals surface area contributed by atoms with Crippen LogP contribution in [0.5, 0.6) is 0 Å². The monoisotopic (exact) mass is 243 g/mol. The summed E-state index contributed by atoms with van der Waals surface area (Å²) in [6, 6.07) is 11.7. The molecule has 0 aliphatic rings. The molecule has 5 nitrogen and oxygen atoms in total. The van der Waals surface area contributed by atoms with Crippen LogP contribution in [0.4, 0.5) is 16.2 Å². The van der Waals surface area contributed by atoms with Gasteiger partial charge in [-0.1, -0.05) is 18.2 Å². The average Bonchev–Trinajstić information content (AvgIpc) is 2.35. The van der Waals surface area contributed by atoms with Crippen molar-refractivity contribution in [2.75, 3.05) is 10.6 Å². The van der Waals surface area contributed by atoms with E-state index in [2.05, 4.69) is 10.6 Å². The topological polar surface area (TPSA) is 63.1 Å². The van der Waals surface area contributed by atoms with Gasteiger partial charge in [0.1, 0.15) is 0 Å². The fourth-order valence-corrected chi connectivity index (χ4v) is 1.48. The Hall–Kier alpha value is -2.56. The lowest BCUT2D eigenvalue weighted by Gasteiger charge is -2.08. The maximum atomic E-state index is 11.7. The lowest BCUT2D eigenvalue weighted by Crippen LogP contribution is -2.21. The normalized spacial score (nSPS) is 9.83. The van der Waals surface area contributed by atoms with Crippen LogP contribution in [0.2, 0.25) is 0 Å². The van der Waals surface area contributed by atoms with Crippen LogP contribution in [0.1, 0.15) is 0 Å². The van der Waals surface area contributed by atoms with E-state index in [9.17, 15) is 9.59 Å². The maximum absolute atomic E-state index is 11.7. The molecular weight excluding hydrogens is 230 g/mol. The van der Waals surface area contributed by atoms with E-state index in [1.54, 1.807) is 31.4 Å². The first-order valence-electron chi connectivity index (χ1n) is 5.45. The van der Waals surface area contributed by atoms with Crippen molar-refractivity contribution in [2.24, 2.45) is 7.05 Å². The highest BCUT2D eigenvalue weighted by Gasteiger charge is 2.02. The Morgan fingerprint density at radius 2 is 1.67 bits per heavy atom. The van der Waals surface area contributed by atoms with E-state index in [-0.39, 0.29) is 11.6 Å². The smallest absolute Gasteiger partial charge is 0.317 e. The number of pyridine rings is 1. The standard InChI is InChI=1S/C13H13N3O2/c1-16-9-11(7-8-12(16)17)15-13(18)14-10-5-3-2-4-6-10/h2-9H,1H3,(H2,14,15,18). The summed E-state index contributed by atoms with van der Waals surface area (Å²) < 4.78 is 1.40. The summed E-state index contributed by atoms with van der Waals surface area (Å²) in [4.78, 5) is 22.9. The molecule has 92 valence electrons. The van der Waals surface area contributed by atoms with E-state index in [1.807, 2.05) is 18.2 Å². The summed E-state index contributed by atoms with van der Waals surface area (Å²) in [5.74, 6) is 0. The molecule has 5 heteroatoms. The lowest BCUT2D eigenvalue weighted by atomic mass is 10.3. The molecule has 2 rings (SSSR count). The second-order valence-electron chi connectivity index (χ2n) is 3.81. The second kappa shape index (κ2) is 5.18. The van der Waals surface area contributed by atoms with Crippen molar-refractivity contribution < 1.29 is 4.79 Å². The van der Waals surface area contributed by atoms with E-state index in [0.717, 1.165) is 0 Å². The Labute approximate surface area is 104 Å². The summed E-state index contributed by atoms with van der Waals surface area (Å²) in [6.07, 6.45) is 1.56. The van der Waals surface area contributed by atoms with Gasteiger partial charge in [-0.05, 0) is 18.2 Å². The minimum Gasteiger partial charge on any atom is -0.317 e. The van der Waals surface area contributed by atoms with Gasteiger partial charge in [-0.2, -0.15) is 0 Å². The molecular formula is C13H13N3O2. The van der Waals surface area contributed by atoms with Crippen molar-refractivity contribution in [1.82, 2.24) is 4.57 Å². The fourth-order valence-electron chi connectivity index (χ4n) is 1.48. The van der Waals surface area contributed by atoms with Crippen LogP contribution in [0.25, 0.3) is 0 Å². The van der Waals surface area contributed by atoms with Crippen molar-refractivity contribution >= 4 is 17.4 Å². The van der Waals surface area contributed by atoms with Crippen LogP contribution in [-0.4, -0.2) is 10.6 Å². The first-order valence-corrected chi connectivity index (χ1v) is 5.45. The Morgan fingerprint density at radius 3 is 2.33 bits per heavy atom. The summed E-state index contributed by atoms with van der Waals surface area (Å²) >= 11 is 0. The Bertz CT molecular complexity index is 605. The molecule has 0 radical (unpaired) electrons. The molecule has 0 saturated carbocycles. The molecule has 0 fully saturated rings. The molecule has 0 bridgehead atoms. The van der Waals surface area contributed by atoms with E-state index < -0.39 is 0 Å². The van der Waals surface area contributed by atoms with E-state index in [0.29, 0.717) is 11.4 Å². The number of anilines is 2. The van der Waals surface area contributed by atoms with E-state index in [1.165, 1.54) is 10.6 Å². The minimum atomic E-state index is -0.347. The maximum Gasteiger partial charge on any atom is 0.323 e. The van der Waals surface area contributed by atoms with Gasteiger partial charge in [-0.15, -0.1) is 0 Å². The number of nitrogens with one attached hydrogen (secondary N) is 2. The van der Waals surface area contributed by atoms with Gasteiger partial charge < -0.3 is 15.2 Å². The van der Waals surface area contributed by atoms with Gasteiger partial charge >= 0.3 is 6.03 Å². The van der Waals surface area contributed by atoms with Gasteiger partial charge in [0, 0.05) is 25.0 Å². The summed E-state index contributed by atoms with van der Waals surface area (Å²) in [5.41, 5.74) is 1.15. The molecule has 2 N–H and O–H groups in total. The molecule has 1 aromatic heterocycles. The molecule has 2 aromatic rings. The zero-order valence-corrected chi connectivity index (χ0v) is 9.88. The summed E-state index contributed by atoms with van der Waals surface area (Å²) in [7, 11) is 1.63. The van der Waals surface area contributed by atoms with Crippen LogP contribution in [0.15, 0.2) is 53.5 Å². The fraction of sp³-hybridized carbons (Fsp3) is 0.0769. The minimum absolute atomic E-state index is 0.121. The van der Waals surface area contributed by atoms with Crippen molar-refractivity contribution in [3.05, 3.63) is 59.0 Å². The number of hydrogen-bond donors (Lipinski definition) is 2. The quantitative estimate of drug-likeness (QED) is 0.847. The van der Waals surface area contributed by atoms with Crippen LogP contribution < -0.4 is 16.2 Å². The number of para-hydroxylation sites is 1. The Balaban J connectivity index is 2.03. The Morgan fingerprint density at radius 1 is 1.00 bits per heavy atom. The van der Waals surface area contributed by atoms with Crippen molar-refractivity contribution in [2.45, 2.75) is 0 Å². The third kappa shape index (κ3) is 2.98. The molecule has 2 amide bonds. The average molecular weight is 243 g/mol. The number of carbonyl (C=O) groups is 1. The number of urea groups is 1. The predicted octanol–water partition coefficient (Wildman–Crippen LogP) is 2.03. The third-order valence-electron chi connectivity index (χ3n) is 2.38. The number of benzene rings is 1. The first kappa shape index (κ1) is 11.9. The molecule has 0 atom stereocenters. The van der Waals surface area contributed by atoms with E-state index >= 15 is 0 Å². The number of rotatable bonds is 2. The number of nitrogens with zero attached hydrogens (tertiary/aromatic N) is 1. The molecule has 1 heterocycles. The molecule has 0 saturated heterocycles. The first-order chi connectivity index (χ1) is 8.65. The number of aromatic nitrogens is 1. The molecule has 18 heavy (non-hydrogen) atoms. The van der Waals surface area contributed by atoms with Crippen LogP contribution in [-0.2, 0) is 7.05 Å². The predicted molar refractivity (Wildman–Crippen MR) is 70.8 cm³/mol. The SMILES string of the molecule is Cn1cc(NC(=O)Nc2ccccc2)ccc1=O. The molecule has 1 aromatic carbocycles. The molecule has 0 unspecified atom stereocenters. The zero-order valence-electron chi connectivity index (χ0n) is 9.88. The highest BCUT2D eigenvalue weighted by molar-refractivity contribution is 5.99. The van der Waals surface area contributed by atoms with Gasteiger partial charge in [-0.3, -0.25) is 4.79 Å². The molecule has 0 aliphatic carbocycles. The highest BCUT2D eigenvalue weighted by Crippen LogP contribution is 2.07. The lowest BCUT2D eigenvalue weighted by molar-refractivity contribution is 0.262. The van der Waals surface area contributed by atoms with Crippen molar-refractivity contribution in [3.63, 3.8) is 0 Å². The highest BCUT2D eigenvalue weighted by atomic mass is 16.2. The number of carbonyl (C=O) groups excluding carboxylic acids is 1. The van der Waals surface area contributed by atoms with Gasteiger partial charge in [0.25, 0.3) is 0 Å². The van der Waals surface area contributed by atoms with Gasteiger partial charge in [-0.25, -0.2) is 4.79 Å². The molecule has 0 spiro atoms. The summed E-state index contributed by atoms with van der Waals surface area (Å²) in [5, 5.41) is 5.34. The van der Waals surface area contributed by atoms with Gasteiger partial charge in [0.05, 0.1) is 5.69 Å². The van der Waals surface area contributed by atoms with Crippen molar-refractivity contribution in [3.8, 4) is 0 Å². The van der Waals surface area contributed by atoms with Crippen LogP contribution >= 0.6 is 0 Å².